The van der Waals surface area contributed by atoms with Crippen molar-refractivity contribution >= 4 is 7.25 Å². The molecule has 0 fully saturated rings. The lowest BCUT2D eigenvalue weighted by Crippen LogP contribution is -2.86. The standard InChI is InChI=1S/C6H15NO2.BF4/c1-8-5-3-7-4-6-9-2;2-1(3,4)5/h7H,3-6H2,1-2H3;/q;-1/p+1. The molecule has 0 amide bonds. The Bertz CT molecular complexity index is 102. The Balaban J connectivity index is 0. The highest BCUT2D eigenvalue weighted by atomic mass is 19.5. The van der Waals surface area contributed by atoms with Gasteiger partial charge < -0.3 is 32.1 Å². The first kappa shape index (κ1) is 16.1. The zero-order valence-corrected chi connectivity index (χ0v) is 8.31. The summed E-state index contributed by atoms with van der Waals surface area (Å²) in [5, 5.41) is 2.17. The average Bonchev–Trinajstić information content (AvgIpc) is 2.01. The first-order chi connectivity index (χ1) is 6.41. The van der Waals surface area contributed by atoms with Crippen LogP contribution in [0.25, 0.3) is 0 Å². The van der Waals surface area contributed by atoms with Crippen molar-refractivity contribution in [1.82, 2.24) is 0 Å². The Morgan fingerprint density at radius 1 is 0.929 bits per heavy atom. The van der Waals surface area contributed by atoms with Gasteiger partial charge in [-0.25, -0.2) is 0 Å². The Morgan fingerprint density at radius 2 is 1.21 bits per heavy atom. The molecule has 14 heavy (non-hydrogen) atoms. The van der Waals surface area contributed by atoms with Gasteiger partial charge >= 0.3 is 7.25 Å². The minimum Gasteiger partial charge on any atom is -0.418 e. The molecule has 0 aromatic carbocycles. The van der Waals surface area contributed by atoms with Gasteiger partial charge in [-0.15, -0.1) is 0 Å². The van der Waals surface area contributed by atoms with Crippen LogP contribution in [-0.4, -0.2) is 47.8 Å². The highest BCUT2D eigenvalue weighted by Gasteiger charge is 2.20. The van der Waals surface area contributed by atoms with Crippen LogP contribution in [0.5, 0.6) is 0 Å². The SMILES string of the molecule is COCC[NH2+]CCOC.F[B-](F)(F)F. The number of hydrogen-bond acceptors (Lipinski definition) is 2. The number of rotatable bonds is 6. The van der Waals surface area contributed by atoms with Crippen LogP contribution in [0.3, 0.4) is 0 Å². The molecule has 0 radical (unpaired) electrons. The molecule has 0 saturated heterocycles. The van der Waals surface area contributed by atoms with Crippen molar-refractivity contribution < 1.29 is 32.1 Å². The number of hydrogen-bond donors (Lipinski definition) is 1. The molecule has 3 nitrogen and oxygen atoms in total. The van der Waals surface area contributed by atoms with Crippen molar-refractivity contribution in [2.45, 2.75) is 0 Å². The zero-order valence-electron chi connectivity index (χ0n) is 8.31. The van der Waals surface area contributed by atoms with Gasteiger partial charge in [0.15, 0.2) is 0 Å². The van der Waals surface area contributed by atoms with Crippen molar-refractivity contribution in [3.63, 3.8) is 0 Å². The lowest BCUT2D eigenvalue weighted by Gasteiger charge is -1.98. The van der Waals surface area contributed by atoms with Crippen LogP contribution in [0.15, 0.2) is 0 Å². The molecule has 0 aliphatic heterocycles. The molecule has 0 saturated carbocycles. The minimum absolute atomic E-state index is 0.823. The third kappa shape index (κ3) is 41.3. The highest BCUT2D eigenvalue weighted by Crippen LogP contribution is 2.06. The van der Waals surface area contributed by atoms with E-state index in [2.05, 4.69) is 5.32 Å². The fraction of sp³-hybridized carbons (Fsp3) is 1.00. The molecule has 2 N–H and O–H groups in total. The monoisotopic (exact) mass is 221 g/mol. The number of ether oxygens (including phenoxy) is 2. The van der Waals surface area contributed by atoms with E-state index >= 15 is 0 Å². The summed E-state index contributed by atoms with van der Waals surface area (Å²) in [6.07, 6.45) is 0. The highest BCUT2D eigenvalue weighted by molar-refractivity contribution is 6.50. The molecule has 0 unspecified atom stereocenters. The first-order valence-electron chi connectivity index (χ1n) is 4.08. The van der Waals surface area contributed by atoms with E-state index in [-0.39, 0.29) is 0 Å². The van der Waals surface area contributed by atoms with Crippen molar-refractivity contribution in [3.8, 4) is 0 Å². The summed E-state index contributed by atoms with van der Waals surface area (Å²) in [6.45, 7) is 3.70. The summed E-state index contributed by atoms with van der Waals surface area (Å²) in [6, 6.07) is 0. The average molecular weight is 221 g/mol. The van der Waals surface area contributed by atoms with Crippen LogP contribution in [0.1, 0.15) is 0 Å². The minimum atomic E-state index is -6.00. The molecule has 0 aromatic rings. The van der Waals surface area contributed by atoms with Crippen LogP contribution in [-0.2, 0) is 9.47 Å². The summed E-state index contributed by atoms with van der Waals surface area (Å²) in [4.78, 5) is 0. The topological polar surface area (TPSA) is 35.1 Å². The second-order valence-corrected chi connectivity index (χ2v) is 2.35. The zero-order chi connectivity index (χ0) is 11.4. The lowest BCUT2D eigenvalue weighted by atomic mass is 10.3. The fourth-order valence-electron chi connectivity index (χ4n) is 0.547. The second-order valence-electron chi connectivity index (χ2n) is 2.35. The maximum atomic E-state index is 9.75. The van der Waals surface area contributed by atoms with E-state index in [1.165, 1.54) is 0 Å². The van der Waals surface area contributed by atoms with E-state index in [0.29, 0.717) is 0 Å². The Hall–Kier alpha value is -0.335. The number of nitrogens with two attached hydrogens (primary N) is 1. The number of methoxy groups -OCH3 is 2. The van der Waals surface area contributed by atoms with Gasteiger partial charge in [0.05, 0.1) is 26.3 Å². The van der Waals surface area contributed by atoms with E-state index in [4.69, 9.17) is 9.47 Å². The molecule has 0 rings (SSSR count). The van der Waals surface area contributed by atoms with Crippen LogP contribution in [0.4, 0.5) is 17.3 Å². The van der Waals surface area contributed by atoms with E-state index in [1.54, 1.807) is 14.2 Å². The number of quaternary nitrogens is 1. The quantitative estimate of drug-likeness (QED) is 0.393. The van der Waals surface area contributed by atoms with E-state index < -0.39 is 7.25 Å². The molecule has 88 valence electrons. The smallest absolute Gasteiger partial charge is 0.418 e. The van der Waals surface area contributed by atoms with Crippen LogP contribution in [0, 0.1) is 0 Å². The first-order valence-corrected chi connectivity index (χ1v) is 4.08. The van der Waals surface area contributed by atoms with Gasteiger partial charge in [-0.3, -0.25) is 0 Å². The normalized spacial score (nSPS) is 10.7. The van der Waals surface area contributed by atoms with Crippen molar-refractivity contribution in [3.05, 3.63) is 0 Å². The number of halogens is 4. The summed E-state index contributed by atoms with van der Waals surface area (Å²) in [7, 11) is -2.58. The van der Waals surface area contributed by atoms with Crippen LogP contribution >= 0.6 is 0 Å². The molecule has 0 atom stereocenters. The van der Waals surface area contributed by atoms with Crippen molar-refractivity contribution in [1.29, 1.82) is 0 Å². The Labute approximate surface area is 80.9 Å². The van der Waals surface area contributed by atoms with Gasteiger partial charge in [-0.05, 0) is 0 Å². The van der Waals surface area contributed by atoms with Crippen LogP contribution in [0.2, 0.25) is 0 Å². The molecule has 0 bridgehead atoms. The van der Waals surface area contributed by atoms with Gasteiger partial charge in [-0.1, -0.05) is 0 Å². The fourth-order valence-corrected chi connectivity index (χ4v) is 0.547. The van der Waals surface area contributed by atoms with Crippen molar-refractivity contribution in [2.24, 2.45) is 0 Å². The Morgan fingerprint density at radius 3 is 1.43 bits per heavy atom. The molecule has 0 spiro atoms. The predicted octanol–water partition coefficient (Wildman–Crippen LogP) is 0.143. The third-order valence-electron chi connectivity index (χ3n) is 1.05. The van der Waals surface area contributed by atoms with Gasteiger partial charge in [0.1, 0.15) is 0 Å². The summed E-state index contributed by atoms with van der Waals surface area (Å²) in [5.41, 5.74) is 0. The van der Waals surface area contributed by atoms with Gasteiger partial charge in [0.2, 0.25) is 0 Å². The third-order valence-corrected chi connectivity index (χ3v) is 1.05. The maximum absolute atomic E-state index is 9.75. The van der Waals surface area contributed by atoms with Crippen molar-refractivity contribution in [2.75, 3.05) is 40.5 Å². The summed E-state index contributed by atoms with van der Waals surface area (Å²) >= 11 is 0. The molecule has 0 aliphatic carbocycles. The van der Waals surface area contributed by atoms with Gasteiger partial charge in [0, 0.05) is 14.2 Å². The predicted molar refractivity (Wildman–Crippen MR) is 45.6 cm³/mol. The van der Waals surface area contributed by atoms with Crippen LogP contribution < -0.4 is 5.32 Å². The molecule has 0 heterocycles. The molecule has 8 heteroatoms. The van der Waals surface area contributed by atoms with Gasteiger partial charge in [-0.2, -0.15) is 0 Å². The van der Waals surface area contributed by atoms with E-state index in [9.17, 15) is 17.3 Å². The largest absolute Gasteiger partial charge is 0.673 e. The Kier molecular flexibility index (Phi) is 12.4. The molecule has 0 aromatic heterocycles. The second kappa shape index (κ2) is 10.7. The maximum Gasteiger partial charge on any atom is 0.673 e. The molecular formula is C6H16BF4NO2. The van der Waals surface area contributed by atoms with E-state index in [1.807, 2.05) is 0 Å². The van der Waals surface area contributed by atoms with E-state index in [0.717, 1.165) is 26.3 Å². The molecular weight excluding hydrogens is 205 g/mol. The summed E-state index contributed by atoms with van der Waals surface area (Å²) < 4.78 is 48.7. The van der Waals surface area contributed by atoms with Gasteiger partial charge in [0.25, 0.3) is 0 Å². The summed E-state index contributed by atoms with van der Waals surface area (Å²) in [5.74, 6) is 0. The lowest BCUT2D eigenvalue weighted by molar-refractivity contribution is -0.657. The molecule has 0 aliphatic rings.